The zero-order chi connectivity index (χ0) is 15.5. The Morgan fingerprint density at radius 1 is 1.29 bits per heavy atom. The molecule has 2 atom stereocenters. The number of aliphatic imine (C=N–C) groups is 1. The van der Waals surface area contributed by atoms with Crippen molar-refractivity contribution < 1.29 is 14.3 Å². The van der Waals surface area contributed by atoms with Gasteiger partial charge in [-0.25, -0.2) is 9.79 Å². The SMILES string of the molecule is CC(C)C[C@H](CC=O)[C@]1(C)N=C(c2ccccc2)OC1=O. The highest BCUT2D eigenvalue weighted by atomic mass is 16.6. The van der Waals surface area contributed by atoms with Crippen LogP contribution >= 0.6 is 0 Å². The standard InChI is InChI=1S/C17H21NO3/c1-12(2)11-14(9-10-19)17(3)16(20)21-15(18-17)13-7-5-4-6-8-13/h4-8,10,12,14H,9,11H2,1-3H3/t14-,17-/m0/s1. The predicted octanol–water partition coefficient (Wildman–Crippen LogP) is 3.00. The van der Waals surface area contributed by atoms with Gasteiger partial charge in [0.15, 0.2) is 5.54 Å². The number of carbonyl (C=O) groups excluding carboxylic acids is 2. The highest BCUT2D eigenvalue weighted by Gasteiger charge is 2.47. The lowest BCUT2D eigenvalue weighted by molar-refractivity contribution is -0.140. The summed E-state index contributed by atoms with van der Waals surface area (Å²) in [5, 5.41) is 0. The Bertz CT molecular complexity index is 550. The molecule has 4 nitrogen and oxygen atoms in total. The molecule has 0 amide bonds. The molecule has 1 aromatic rings. The van der Waals surface area contributed by atoms with E-state index in [2.05, 4.69) is 18.8 Å². The van der Waals surface area contributed by atoms with E-state index in [0.717, 1.165) is 18.3 Å². The third-order valence-corrected chi connectivity index (χ3v) is 3.89. The molecule has 1 aliphatic rings. The molecule has 1 aromatic carbocycles. The molecule has 21 heavy (non-hydrogen) atoms. The van der Waals surface area contributed by atoms with Crippen molar-refractivity contribution in [3.05, 3.63) is 35.9 Å². The van der Waals surface area contributed by atoms with E-state index in [9.17, 15) is 9.59 Å². The van der Waals surface area contributed by atoms with Crippen molar-refractivity contribution in [2.75, 3.05) is 0 Å². The number of nitrogens with zero attached hydrogens (tertiary/aromatic N) is 1. The minimum atomic E-state index is -0.976. The van der Waals surface area contributed by atoms with Gasteiger partial charge in [-0.15, -0.1) is 0 Å². The molecule has 0 radical (unpaired) electrons. The normalized spacial score (nSPS) is 22.9. The first kappa shape index (κ1) is 15.4. The zero-order valence-electron chi connectivity index (χ0n) is 12.7. The summed E-state index contributed by atoms with van der Waals surface area (Å²) in [5.74, 6) is 0.232. The molecule has 0 spiro atoms. The fraction of sp³-hybridized carbons (Fsp3) is 0.471. The topological polar surface area (TPSA) is 55.7 Å². The van der Waals surface area contributed by atoms with Crippen LogP contribution in [-0.4, -0.2) is 23.7 Å². The van der Waals surface area contributed by atoms with Crippen molar-refractivity contribution in [3.8, 4) is 0 Å². The quantitative estimate of drug-likeness (QED) is 0.597. The summed E-state index contributed by atoms with van der Waals surface area (Å²) in [6.45, 7) is 5.91. The largest absolute Gasteiger partial charge is 0.405 e. The first-order chi connectivity index (χ1) is 9.97. The maximum atomic E-state index is 12.3. The van der Waals surface area contributed by atoms with Gasteiger partial charge in [0.25, 0.3) is 0 Å². The summed E-state index contributed by atoms with van der Waals surface area (Å²) in [6.07, 6.45) is 1.94. The summed E-state index contributed by atoms with van der Waals surface area (Å²) in [4.78, 5) is 27.8. The molecule has 0 saturated heterocycles. The maximum absolute atomic E-state index is 12.3. The van der Waals surface area contributed by atoms with Crippen molar-refractivity contribution in [2.45, 2.75) is 39.2 Å². The third-order valence-electron chi connectivity index (χ3n) is 3.89. The number of aldehydes is 1. The van der Waals surface area contributed by atoms with Gasteiger partial charge < -0.3 is 9.53 Å². The number of cyclic esters (lactones) is 1. The second-order valence-electron chi connectivity index (χ2n) is 6.05. The van der Waals surface area contributed by atoms with E-state index >= 15 is 0 Å². The van der Waals surface area contributed by atoms with Crippen LogP contribution in [0.25, 0.3) is 0 Å². The van der Waals surface area contributed by atoms with Crippen molar-refractivity contribution in [3.63, 3.8) is 0 Å². The number of ether oxygens (including phenoxy) is 1. The van der Waals surface area contributed by atoms with Crippen LogP contribution in [0.2, 0.25) is 0 Å². The summed E-state index contributed by atoms with van der Waals surface area (Å²) < 4.78 is 5.37. The first-order valence-electron chi connectivity index (χ1n) is 7.28. The molecule has 112 valence electrons. The molecule has 1 heterocycles. The Balaban J connectivity index is 2.33. The van der Waals surface area contributed by atoms with Gasteiger partial charge in [-0.1, -0.05) is 32.0 Å². The number of rotatable bonds is 6. The van der Waals surface area contributed by atoms with Gasteiger partial charge in [0, 0.05) is 17.9 Å². The fourth-order valence-electron chi connectivity index (χ4n) is 2.67. The van der Waals surface area contributed by atoms with Gasteiger partial charge in [0.2, 0.25) is 5.90 Å². The third kappa shape index (κ3) is 3.20. The monoisotopic (exact) mass is 287 g/mol. The van der Waals surface area contributed by atoms with E-state index in [4.69, 9.17) is 4.74 Å². The Labute approximate surface area is 125 Å². The van der Waals surface area contributed by atoms with Crippen LogP contribution in [0.15, 0.2) is 35.3 Å². The van der Waals surface area contributed by atoms with Crippen LogP contribution in [0, 0.1) is 11.8 Å². The summed E-state index contributed by atoms with van der Waals surface area (Å²) in [6, 6.07) is 9.36. The Hall–Kier alpha value is -1.97. The predicted molar refractivity (Wildman–Crippen MR) is 81.1 cm³/mol. The highest BCUT2D eigenvalue weighted by molar-refractivity contribution is 6.07. The van der Waals surface area contributed by atoms with Crippen LogP contribution in [0.3, 0.4) is 0 Å². The molecular formula is C17H21NO3. The average molecular weight is 287 g/mol. The van der Waals surface area contributed by atoms with E-state index in [1.807, 2.05) is 30.3 Å². The molecule has 0 unspecified atom stereocenters. The second kappa shape index (κ2) is 6.20. The molecular weight excluding hydrogens is 266 g/mol. The van der Waals surface area contributed by atoms with Gasteiger partial charge in [-0.3, -0.25) is 0 Å². The molecule has 2 rings (SSSR count). The van der Waals surface area contributed by atoms with Crippen molar-refractivity contribution >= 4 is 18.2 Å². The summed E-state index contributed by atoms with van der Waals surface area (Å²) in [5.41, 5.74) is -0.194. The average Bonchev–Trinajstić information content (AvgIpc) is 2.76. The number of carbonyl (C=O) groups is 2. The van der Waals surface area contributed by atoms with Crippen molar-refractivity contribution in [1.82, 2.24) is 0 Å². The molecule has 0 saturated carbocycles. The number of hydrogen-bond donors (Lipinski definition) is 0. The van der Waals surface area contributed by atoms with Crippen molar-refractivity contribution in [2.24, 2.45) is 16.8 Å². The lowest BCUT2D eigenvalue weighted by Gasteiger charge is -2.27. The van der Waals surface area contributed by atoms with Gasteiger partial charge in [0.1, 0.15) is 6.29 Å². The van der Waals surface area contributed by atoms with Crippen LogP contribution < -0.4 is 0 Å². The lowest BCUT2D eigenvalue weighted by Crippen LogP contribution is -2.39. The molecule has 1 aliphatic heterocycles. The van der Waals surface area contributed by atoms with E-state index in [0.29, 0.717) is 18.2 Å². The van der Waals surface area contributed by atoms with E-state index in [-0.39, 0.29) is 11.9 Å². The smallest absolute Gasteiger partial charge is 0.340 e. The summed E-state index contributed by atoms with van der Waals surface area (Å²) >= 11 is 0. The van der Waals surface area contributed by atoms with Crippen molar-refractivity contribution in [1.29, 1.82) is 0 Å². The van der Waals surface area contributed by atoms with E-state index in [1.165, 1.54) is 0 Å². The maximum Gasteiger partial charge on any atom is 0.340 e. The van der Waals surface area contributed by atoms with Crippen LogP contribution in [0.5, 0.6) is 0 Å². The zero-order valence-corrected chi connectivity index (χ0v) is 12.7. The van der Waals surface area contributed by atoms with Crippen LogP contribution in [0.4, 0.5) is 0 Å². The van der Waals surface area contributed by atoms with Gasteiger partial charge in [0.05, 0.1) is 0 Å². The minimum absolute atomic E-state index is 0.135. The Morgan fingerprint density at radius 3 is 2.52 bits per heavy atom. The minimum Gasteiger partial charge on any atom is -0.405 e. The molecule has 0 aromatic heterocycles. The van der Waals surface area contributed by atoms with E-state index in [1.54, 1.807) is 6.92 Å². The number of hydrogen-bond acceptors (Lipinski definition) is 4. The molecule has 0 aliphatic carbocycles. The van der Waals surface area contributed by atoms with Gasteiger partial charge in [-0.05, 0) is 31.4 Å². The van der Waals surface area contributed by atoms with Crippen LogP contribution in [-0.2, 0) is 14.3 Å². The summed E-state index contributed by atoms with van der Waals surface area (Å²) in [7, 11) is 0. The first-order valence-corrected chi connectivity index (χ1v) is 7.28. The molecule has 0 bridgehead atoms. The van der Waals surface area contributed by atoms with Gasteiger partial charge >= 0.3 is 5.97 Å². The Morgan fingerprint density at radius 2 is 1.95 bits per heavy atom. The number of benzene rings is 1. The van der Waals surface area contributed by atoms with Gasteiger partial charge in [-0.2, -0.15) is 0 Å². The molecule has 0 fully saturated rings. The molecule has 0 N–H and O–H groups in total. The lowest BCUT2D eigenvalue weighted by atomic mass is 9.79. The second-order valence-corrected chi connectivity index (χ2v) is 6.05. The number of esters is 1. The highest BCUT2D eigenvalue weighted by Crippen LogP contribution is 2.35. The fourth-order valence-corrected chi connectivity index (χ4v) is 2.67. The Kier molecular flexibility index (Phi) is 4.56. The molecule has 4 heteroatoms. The van der Waals surface area contributed by atoms with Crippen LogP contribution in [0.1, 0.15) is 39.2 Å². The van der Waals surface area contributed by atoms with E-state index < -0.39 is 5.54 Å².